The molecule has 118 valence electrons. The van der Waals surface area contributed by atoms with Gasteiger partial charge in [-0.2, -0.15) is 5.26 Å². The molecule has 0 saturated carbocycles. The number of carbonyl (C=O) groups is 1. The van der Waals surface area contributed by atoms with Crippen LogP contribution in [0.25, 0.3) is 0 Å². The highest BCUT2D eigenvalue weighted by Crippen LogP contribution is 2.36. The lowest BCUT2D eigenvalue weighted by molar-refractivity contribution is -0.118. The number of benzene rings is 2. The Morgan fingerprint density at radius 3 is 2.39 bits per heavy atom. The molecule has 0 unspecified atom stereocenters. The summed E-state index contributed by atoms with van der Waals surface area (Å²) in [5, 5.41) is 11.5. The number of rotatable bonds is 6. The molecule has 2 aromatic rings. The highest BCUT2D eigenvalue weighted by molar-refractivity contribution is 5.92. The van der Waals surface area contributed by atoms with E-state index < -0.39 is 0 Å². The van der Waals surface area contributed by atoms with Gasteiger partial charge in [0.1, 0.15) is 0 Å². The van der Waals surface area contributed by atoms with Crippen molar-refractivity contribution in [3.63, 3.8) is 0 Å². The van der Waals surface area contributed by atoms with Crippen molar-refractivity contribution in [3.8, 4) is 23.3 Å². The van der Waals surface area contributed by atoms with Crippen molar-refractivity contribution < 1.29 is 19.0 Å². The maximum absolute atomic E-state index is 12.0. The molecule has 0 spiro atoms. The molecule has 23 heavy (non-hydrogen) atoms. The van der Waals surface area contributed by atoms with Crippen LogP contribution in [-0.2, 0) is 4.79 Å². The second kappa shape index (κ2) is 7.71. The van der Waals surface area contributed by atoms with Gasteiger partial charge in [-0.15, -0.1) is 0 Å². The second-order valence-corrected chi connectivity index (χ2v) is 4.52. The van der Waals surface area contributed by atoms with E-state index in [1.807, 2.05) is 6.07 Å². The summed E-state index contributed by atoms with van der Waals surface area (Å²) < 4.78 is 15.9. The van der Waals surface area contributed by atoms with E-state index >= 15 is 0 Å². The minimum Gasteiger partial charge on any atom is -0.493 e. The summed E-state index contributed by atoms with van der Waals surface area (Å²) in [7, 11) is 3.02. The molecule has 6 heteroatoms. The fourth-order valence-electron chi connectivity index (χ4n) is 1.96. The van der Waals surface area contributed by atoms with Gasteiger partial charge in [-0.25, -0.2) is 0 Å². The van der Waals surface area contributed by atoms with Crippen LogP contribution in [0.3, 0.4) is 0 Å². The number of nitriles is 1. The summed E-state index contributed by atoms with van der Waals surface area (Å²) in [6.45, 7) is -0.215. The highest BCUT2D eigenvalue weighted by atomic mass is 16.5. The van der Waals surface area contributed by atoms with Crippen LogP contribution in [0.15, 0.2) is 42.5 Å². The van der Waals surface area contributed by atoms with E-state index in [-0.39, 0.29) is 12.5 Å². The first-order valence-corrected chi connectivity index (χ1v) is 6.81. The van der Waals surface area contributed by atoms with E-state index in [2.05, 4.69) is 5.32 Å². The molecular weight excluding hydrogens is 296 g/mol. The van der Waals surface area contributed by atoms with Crippen LogP contribution < -0.4 is 19.5 Å². The number of amides is 1. The molecule has 0 fully saturated rings. The Hall–Kier alpha value is -3.20. The molecule has 0 aliphatic carbocycles. The van der Waals surface area contributed by atoms with E-state index in [9.17, 15) is 4.79 Å². The average molecular weight is 312 g/mol. The number of para-hydroxylation sites is 1. The number of nitrogens with one attached hydrogen (secondary N) is 1. The van der Waals surface area contributed by atoms with Crippen LogP contribution in [0.2, 0.25) is 0 Å². The van der Waals surface area contributed by atoms with Gasteiger partial charge in [-0.1, -0.05) is 12.1 Å². The Bertz CT molecular complexity index is 715. The SMILES string of the molecule is COc1cccc(OC)c1OCC(=O)Nc1cccc(C#N)c1. The van der Waals surface area contributed by atoms with Crippen LogP contribution >= 0.6 is 0 Å². The average Bonchev–Trinajstić information content (AvgIpc) is 2.59. The predicted molar refractivity (Wildman–Crippen MR) is 84.8 cm³/mol. The van der Waals surface area contributed by atoms with Gasteiger partial charge < -0.3 is 19.5 Å². The number of nitrogens with zero attached hydrogens (tertiary/aromatic N) is 1. The summed E-state index contributed by atoms with van der Waals surface area (Å²) in [6.07, 6.45) is 0. The molecule has 6 nitrogen and oxygen atoms in total. The second-order valence-electron chi connectivity index (χ2n) is 4.52. The van der Waals surface area contributed by atoms with Crippen LogP contribution in [0.5, 0.6) is 17.2 Å². The number of ether oxygens (including phenoxy) is 3. The molecule has 0 radical (unpaired) electrons. The fraction of sp³-hybridized carbons (Fsp3) is 0.176. The Morgan fingerprint density at radius 1 is 1.13 bits per heavy atom. The lowest BCUT2D eigenvalue weighted by atomic mass is 10.2. The highest BCUT2D eigenvalue weighted by Gasteiger charge is 2.13. The van der Waals surface area contributed by atoms with Crippen molar-refractivity contribution in [2.24, 2.45) is 0 Å². The van der Waals surface area contributed by atoms with Crippen molar-refractivity contribution in [1.82, 2.24) is 0 Å². The molecule has 1 N–H and O–H groups in total. The molecule has 2 aromatic carbocycles. The van der Waals surface area contributed by atoms with Gasteiger partial charge in [-0.3, -0.25) is 4.79 Å². The van der Waals surface area contributed by atoms with Gasteiger partial charge in [0.2, 0.25) is 5.75 Å². The largest absolute Gasteiger partial charge is 0.493 e. The molecule has 0 bridgehead atoms. The van der Waals surface area contributed by atoms with Gasteiger partial charge in [-0.05, 0) is 30.3 Å². The number of methoxy groups -OCH3 is 2. The fourth-order valence-corrected chi connectivity index (χ4v) is 1.96. The minimum absolute atomic E-state index is 0.215. The summed E-state index contributed by atoms with van der Waals surface area (Å²) in [6, 6.07) is 13.8. The smallest absolute Gasteiger partial charge is 0.262 e. The third kappa shape index (κ3) is 4.14. The van der Waals surface area contributed by atoms with E-state index in [4.69, 9.17) is 19.5 Å². The molecule has 2 rings (SSSR count). The lowest BCUT2D eigenvalue weighted by Gasteiger charge is -2.14. The number of hydrogen-bond acceptors (Lipinski definition) is 5. The zero-order valence-corrected chi connectivity index (χ0v) is 12.8. The van der Waals surface area contributed by atoms with Crippen molar-refractivity contribution in [3.05, 3.63) is 48.0 Å². The molecule has 0 atom stereocenters. The van der Waals surface area contributed by atoms with Gasteiger partial charge in [0.15, 0.2) is 18.1 Å². The molecule has 0 aromatic heterocycles. The quantitative estimate of drug-likeness (QED) is 0.886. The van der Waals surface area contributed by atoms with Gasteiger partial charge in [0.05, 0.1) is 25.9 Å². The molecule has 0 heterocycles. The Balaban J connectivity index is 2.03. The Kier molecular flexibility index (Phi) is 5.42. The third-order valence-corrected chi connectivity index (χ3v) is 3.01. The molecule has 0 saturated heterocycles. The van der Waals surface area contributed by atoms with E-state index in [1.54, 1.807) is 42.5 Å². The monoisotopic (exact) mass is 312 g/mol. The van der Waals surface area contributed by atoms with Crippen LogP contribution in [0, 0.1) is 11.3 Å². The maximum atomic E-state index is 12.0. The van der Waals surface area contributed by atoms with Crippen LogP contribution in [-0.4, -0.2) is 26.7 Å². The van der Waals surface area contributed by atoms with Gasteiger partial charge in [0.25, 0.3) is 5.91 Å². The van der Waals surface area contributed by atoms with E-state index in [1.165, 1.54) is 14.2 Å². The summed E-state index contributed by atoms with van der Waals surface area (Å²) in [5.74, 6) is 0.957. The maximum Gasteiger partial charge on any atom is 0.262 e. The Labute approximate surface area is 134 Å². The first-order valence-electron chi connectivity index (χ1n) is 6.81. The summed E-state index contributed by atoms with van der Waals surface area (Å²) >= 11 is 0. The summed E-state index contributed by atoms with van der Waals surface area (Å²) in [4.78, 5) is 12.0. The van der Waals surface area contributed by atoms with E-state index in [0.717, 1.165) is 0 Å². The number of anilines is 1. The Morgan fingerprint density at radius 2 is 1.78 bits per heavy atom. The van der Waals surface area contributed by atoms with Crippen molar-refractivity contribution in [2.75, 3.05) is 26.1 Å². The lowest BCUT2D eigenvalue weighted by Crippen LogP contribution is -2.20. The molecule has 0 aliphatic heterocycles. The van der Waals surface area contributed by atoms with Crippen molar-refractivity contribution in [2.45, 2.75) is 0 Å². The zero-order valence-electron chi connectivity index (χ0n) is 12.8. The van der Waals surface area contributed by atoms with Crippen LogP contribution in [0.4, 0.5) is 5.69 Å². The zero-order chi connectivity index (χ0) is 16.7. The molecule has 0 aliphatic rings. The van der Waals surface area contributed by atoms with Crippen LogP contribution in [0.1, 0.15) is 5.56 Å². The molecular formula is C17H16N2O4. The van der Waals surface area contributed by atoms with Gasteiger partial charge >= 0.3 is 0 Å². The predicted octanol–water partition coefficient (Wildman–Crippen LogP) is 2.59. The van der Waals surface area contributed by atoms with Crippen molar-refractivity contribution >= 4 is 11.6 Å². The third-order valence-electron chi connectivity index (χ3n) is 3.01. The summed E-state index contributed by atoms with van der Waals surface area (Å²) in [5.41, 5.74) is 1.000. The number of hydrogen-bond donors (Lipinski definition) is 1. The van der Waals surface area contributed by atoms with Gasteiger partial charge in [0, 0.05) is 5.69 Å². The molecule has 1 amide bonds. The standard InChI is InChI=1S/C17H16N2O4/c1-21-14-7-4-8-15(22-2)17(14)23-11-16(20)19-13-6-3-5-12(9-13)10-18/h3-9H,11H2,1-2H3,(H,19,20). The minimum atomic E-state index is -0.354. The van der Waals surface area contributed by atoms with Crippen molar-refractivity contribution in [1.29, 1.82) is 5.26 Å². The normalized spacial score (nSPS) is 9.61. The number of carbonyl (C=O) groups excluding carboxylic acids is 1. The first-order chi connectivity index (χ1) is 11.2. The topological polar surface area (TPSA) is 80.6 Å². The first kappa shape index (κ1) is 16.2. The van der Waals surface area contributed by atoms with E-state index in [0.29, 0.717) is 28.5 Å².